The molecule has 1 fully saturated rings. The van der Waals surface area contributed by atoms with Crippen molar-refractivity contribution < 1.29 is 4.79 Å². The maximum Gasteiger partial charge on any atom is 0.230 e. The van der Waals surface area contributed by atoms with Crippen molar-refractivity contribution in [2.75, 3.05) is 13.1 Å². The Bertz CT molecular complexity index is 377. The number of benzene rings is 1. The average molecular weight is 232 g/mol. The van der Waals surface area contributed by atoms with E-state index >= 15 is 0 Å². The largest absolute Gasteiger partial charge is 0.341 e. The molecule has 0 aromatic heterocycles. The average Bonchev–Trinajstić information content (AvgIpc) is 2.78. The minimum atomic E-state index is -0.0125. The summed E-state index contributed by atoms with van der Waals surface area (Å²) in [6.07, 6.45) is 1.77. The molecule has 0 saturated carbocycles. The first kappa shape index (κ1) is 12.1. The Balaban J connectivity index is 2.11. The lowest BCUT2D eigenvalue weighted by molar-refractivity contribution is -0.131. The number of nitrogens with zero attached hydrogens (tertiary/aromatic N) is 1. The van der Waals surface area contributed by atoms with Crippen molar-refractivity contribution in [2.24, 2.45) is 5.73 Å². The van der Waals surface area contributed by atoms with Gasteiger partial charge in [0.2, 0.25) is 5.91 Å². The van der Waals surface area contributed by atoms with Gasteiger partial charge in [0.1, 0.15) is 0 Å². The van der Waals surface area contributed by atoms with Crippen molar-refractivity contribution in [3.8, 4) is 0 Å². The highest BCUT2D eigenvalue weighted by atomic mass is 16.2. The Kier molecular flexibility index (Phi) is 3.79. The fourth-order valence-corrected chi connectivity index (χ4v) is 2.45. The fourth-order valence-electron chi connectivity index (χ4n) is 2.45. The number of amides is 1. The summed E-state index contributed by atoms with van der Waals surface area (Å²) < 4.78 is 0. The summed E-state index contributed by atoms with van der Waals surface area (Å²) in [5.74, 6) is 0.216. The smallest absolute Gasteiger partial charge is 0.230 e. The minimum Gasteiger partial charge on any atom is -0.341 e. The van der Waals surface area contributed by atoms with Gasteiger partial charge in [-0.25, -0.2) is 0 Å². The second-order valence-corrected chi connectivity index (χ2v) is 4.70. The highest BCUT2D eigenvalue weighted by Gasteiger charge is 2.29. The molecule has 3 nitrogen and oxygen atoms in total. The Morgan fingerprint density at radius 2 is 2.18 bits per heavy atom. The van der Waals surface area contributed by atoms with Gasteiger partial charge in [0.25, 0.3) is 0 Å². The van der Waals surface area contributed by atoms with Crippen LogP contribution in [0.4, 0.5) is 0 Å². The Morgan fingerprint density at radius 3 is 2.71 bits per heavy atom. The van der Waals surface area contributed by atoms with Gasteiger partial charge in [0.05, 0.1) is 5.92 Å². The zero-order valence-electron chi connectivity index (χ0n) is 10.3. The van der Waals surface area contributed by atoms with Crippen molar-refractivity contribution in [1.82, 2.24) is 4.90 Å². The fraction of sp³-hybridized carbons (Fsp3) is 0.500. The van der Waals surface area contributed by atoms with E-state index in [1.165, 1.54) is 0 Å². The molecule has 0 bridgehead atoms. The number of carbonyl (C=O) groups excluding carboxylic acids is 1. The van der Waals surface area contributed by atoms with Gasteiger partial charge in [-0.05, 0) is 18.4 Å². The summed E-state index contributed by atoms with van der Waals surface area (Å²) in [6, 6.07) is 10.2. The molecule has 1 aromatic carbocycles. The van der Waals surface area contributed by atoms with Gasteiger partial charge < -0.3 is 10.6 Å². The molecule has 1 saturated heterocycles. The third-order valence-electron chi connectivity index (χ3n) is 3.44. The van der Waals surface area contributed by atoms with E-state index < -0.39 is 0 Å². The molecule has 1 aliphatic rings. The predicted molar refractivity (Wildman–Crippen MR) is 68.6 cm³/mol. The van der Waals surface area contributed by atoms with E-state index in [9.17, 15) is 4.79 Å². The molecule has 1 heterocycles. The third-order valence-corrected chi connectivity index (χ3v) is 3.44. The summed E-state index contributed by atoms with van der Waals surface area (Å²) in [6.45, 7) is 3.58. The molecular weight excluding hydrogens is 212 g/mol. The van der Waals surface area contributed by atoms with E-state index in [-0.39, 0.29) is 17.9 Å². The van der Waals surface area contributed by atoms with Crippen LogP contribution in [0.2, 0.25) is 0 Å². The Labute approximate surface area is 103 Å². The molecule has 2 rings (SSSR count). The monoisotopic (exact) mass is 232 g/mol. The maximum atomic E-state index is 12.4. The molecule has 92 valence electrons. The first-order valence-corrected chi connectivity index (χ1v) is 6.31. The normalized spacial score (nSPS) is 21.5. The van der Waals surface area contributed by atoms with Gasteiger partial charge in [-0.2, -0.15) is 0 Å². The van der Waals surface area contributed by atoms with Crippen molar-refractivity contribution in [2.45, 2.75) is 31.7 Å². The van der Waals surface area contributed by atoms with E-state index in [0.29, 0.717) is 6.54 Å². The standard InChI is InChI=1S/C14H20N2O/c1-2-13(11-6-4-3-5-7-11)14(17)16-9-8-12(15)10-16/h3-7,12-13H,2,8-10,15H2,1H3/t12-,13?/m0/s1. The van der Waals surface area contributed by atoms with Gasteiger partial charge >= 0.3 is 0 Å². The van der Waals surface area contributed by atoms with Crippen LogP contribution in [0.1, 0.15) is 31.2 Å². The van der Waals surface area contributed by atoms with E-state index in [1.54, 1.807) is 0 Å². The molecule has 2 atom stereocenters. The van der Waals surface area contributed by atoms with Gasteiger partial charge in [-0.1, -0.05) is 37.3 Å². The molecule has 0 radical (unpaired) electrons. The van der Waals surface area contributed by atoms with E-state index in [1.807, 2.05) is 35.2 Å². The van der Waals surface area contributed by atoms with Crippen LogP contribution in [-0.2, 0) is 4.79 Å². The molecule has 1 aromatic rings. The summed E-state index contributed by atoms with van der Waals surface area (Å²) in [7, 11) is 0. The van der Waals surface area contributed by atoms with E-state index in [0.717, 1.165) is 24.9 Å². The van der Waals surface area contributed by atoms with Gasteiger partial charge in [0.15, 0.2) is 0 Å². The predicted octanol–water partition coefficient (Wildman–Crippen LogP) is 1.74. The first-order valence-electron chi connectivity index (χ1n) is 6.31. The minimum absolute atomic E-state index is 0.0125. The van der Waals surface area contributed by atoms with Gasteiger partial charge in [-0.15, -0.1) is 0 Å². The second kappa shape index (κ2) is 5.32. The summed E-state index contributed by atoms with van der Waals surface area (Å²) >= 11 is 0. The van der Waals surface area contributed by atoms with E-state index in [4.69, 9.17) is 5.73 Å². The lowest BCUT2D eigenvalue weighted by Gasteiger charge is -2.22. The molecule has 1 aliphatic heterocycles. The lowest BCUT2D eigenvalue weighted by Crippen LogP contribution is -2.35. The number of nitrogens with two attached hydrogens (primary N) is 1. The molecule has 3 heteroatoms. The zero-order valence-corrected chi connectivity index (χ0v) is 10.3. The lowest BCUT2D eigenvalue weighted by atomic mass is 9.95. The quantitative estimate of drug-likeness (QED) is 0.863. The Hall–Kier alpha value is -1.35. The maximum absolute atomic E-state index is 12.4. The summed E-state index contributed by atoms with van der Waals surface area (Å²) in [5.41, 5.74) is 6.96. The number of rotatable bonds is 3. The van der Waals surface area contributed by atoms with Crippen molar-refractivity contribution in [3.05, 3.63) is 35.9 Å². The van der Waals surface area contributed by atoms with Crippen LogP contribution in [0.25, 0.3) is 0 Å². The molecule has 2 N–H and O–H groups in total. The zero-order chi connectivity index (χ0) is 12.3. The summed E-state index contributed by atoms with van der Waals surface area (Å²) in [5, 5.41) is 0. The SMILES string of the molecule is CCC(C(=O)N1CC[C@H](N)C1)c1ccccc1. The highest BCUT2D eigenvalue weighted by Crippen LogP contribution is 2.23. The number of carbonyl (C=O) groups is 1. The topological polar surface area (TPSA) is 46.3 Å². The number of likely N-dealkylation sites (tertiary alicyclic amines) is 1. The molecule has 0 spiro atoms. The van der Waals surface area contributed by atoms with Crippen LogP contribution in [0.15, 0.2) is 30.3 Å². The van der Waals surface area contributed by atoms with Gasteiger partial charge in [0, 0.05) is 19.1 Å². The van der Waals surface area contributed by atoms with Crippen LogP contribution in [-0.4, -0.2) is 29.9 Å². The van der Waals surface area contributed by atoms with Crippen molar-refractivity contribution in [1.29, 1.82) is 0 Å². The van der Waals surface area contributed by atoms with Crippen LogP contribution in [0.3, 0.4) is 0 Å². The molecule has 1 amide bonds. The molecule has 0 aliphatic carbocycles. The number of hydrogen-bond acceptors (Lipinski definition) is 2. The van der Waals surface area contributed by atoms with Crippen LogP contribution in [0, 0.1) is 0 Å². The van der Waals surface area contributed by atoms with Crippen molar-refractivity contribution >= 4 is 5.91 Å². The van der Waals surface area contributed by atoms with Gasteiger partial charge in [-0.3, -0.25) is 4.79 Å². The number of hydrogen-bond donors (Lipinski definition) is 1. The van der Waals surface area contributed by atoms with Crippen molar-refractivity contribution in [3.63, 3.8) is 0 Å². The first-order chi connectivity index (χ1) is 8.22. The van der Waals surface area contributed by atoms with Crippen LogP contribution >= 0.6 is 0 Å². The molecule has 17 heavy (non-hydrogen) atoms. The summed E-state index contributed by atoms with van der Waals surface area (Å²) in [4.78, 5) is 14.3. The molecular formula is C14H20N2O. The van der Waals surface area contributed by atoms with E-state index in [2.05, 4.69) is 6.92 Å². The Morgan fingerprint density at radius 1 is 1.47 bits per heavy atom. The second-order valence-electron chi connectivity index (χ2n) is 4.70. The highest BCUT2D eigenvalue weighted by molar-refractivity contribution is 5.84. The molecule has 1 unspecified atom stereocenters. The van der Waals surface area contributed by atoms with Crippen LogP contribution in [0.5, 0.6) is 0 Å². The van der Waals surface area contributed by atoms with Crippen LogP contribution < -0.4 is 5.73 Å². The third kappa shape index (κ3) is 2.67.